The Kier molecular flexibility index (Phi) is 2.76. The zero-order chi connectivity index (χ0) is 13.3. The minimum atomic E-state index is -1.35. The summed E-state index contributed by atoms with van der Waals surface area (Å²) in [6.07, 6.45) is 2.17. The van der Waals surface area contributed by atoms with Crippen LogP contribution in [0.5, 0.6) is 0 Å². The number of carboxylic acids is 1. The molecular weight excluding hydrogens is 243 g/mol. The molecule has 2 rings (SSSR count). The molecule has 7 nitrogen and oxygen atoms in total. The predicted molar refractivity (Wildman–Crippen MR) is 56.8 cm³/mol. The quantitative estimate of drug-likeness (QED) is 0.808. The SMILES string of the molecule is NC(=O)c1ccn(-c2ncc(F)cc2C(=O)O)n1. The van der Waals surface area contributed by atoms with Gasteiger partial charge in [-0.05, 0) is 12.1 Å². The van der Waals surface area contributed by atoms with E-state index >= 15 is 0 Å². The van der Waals surface area contributed by atoms with Gasteiger partial charge in [0, 0.05) is 6.20 Å². The standard InChI is InChI=1S/C10H7FN4O3/c11-5-3-6(10(17)18)9(13-4-5)15-2-1-7(14-15)8(12)16/h1-4H,(H2,12,16)(H,17,18). The van der Waals surface area contributed by atoms with E-state index in [1.807, 2.05) is 0 Å². The van der Waals surface area contributed by atoms with Crippen molar-refractivity contribution in [2.75, 3.05) is 0 Å². The summed E-state index contributed by atoms with van der Waals surface area (Å²) in [5, 5.41) is 12.7. The summed E-state index contributed by atoms with van der Waals surface area (Å²) in [7, 11) is 0. The Morgan fingerprint density at radius 3 is 2.72 bits per heavy atom. The van der Waals surface area contributed by atoms with Gasteiger partial charge in [-0.2, -0.15) is 5.10 Å². The van der Waals surface area contributed by atoms with Gasteiger partial charge in [-0.25, -0.2) is 18.9 Å². The second-order valence-electron chi connectivity index (χ2n) is 3.34. The largest absolute Gasteiger partial charge is 0.478 e. The minimum absolute atomic E-state index is 0.0440. The van der Waals surface area contributed by atoms with Crippen LogP contribution in [0.2, 0.25) is 0 Å². The highest BCUT2D eigenvalue weighted by molar-refractivity contribution is 5.92. The number of aromatic nitrogens is 3. The van der Waals surface area contributed by atoms with E-state index in [2.05, 4.69) is 10.1 Å². The van der Waals surface area contributed by atoms with E-state index in [-0.39, 0.29) is 17.1 Å². The molecule has 0 spiro atoms. The van der Waals surface area contributed by atoms with Gasteiger partial charge in [-0.3, -0.25) is 4.79 Å². The van der Waals surface area contributed by atoms with Crippen LogP contribution in [0.4, 0.5) is 4.39 Å². The Bertz CT molecular complexity index is 638. The second-order valence-corrected chi connectivity index (χ2v) is 3.34. The molecule has 1 amide bonds. The first-order valence-electron chi connectivity index (χ1n) is 4.73. The zero-order valence-electron chi connectivity index (χ0n) is 8.87. The summed E-state index contributed by atoms with van der Waals surface area (Å²) in [5.74, 6) is -2.99. The van der Waals surface area contributed by atoms with Crippen molar-refractivity contribution in [3.8, 4) is 5.82 Å². The summed E-state index contributed by atoms with van der Waals surface area (Å²) in [4.78, 5) is 25.5. The number of carbonyl (C=O) groups excluding carboxylic acids is 1. The average Bonchev–Trinajstić information content (AvgIpc) is 2.78. The number of pyridine rings is 1. The van der Waals surface area contributed by atoms with Crippen LogP contribution in [0, 0.1) is 5.82 Å². The lowest BCUT2D eigenvalue weighted by Gasteiger charge is -2.04. The van der Waals surface area contributed by atoms with Crippen LogP contribution in [0.3, 0.4) is 0 Å². The highest BCUT2D eigenvalue weighted by Crippen LogP contribution is 2.13. The maximum Gasteiger partial charge on any atom is 0.339 e. The molecule has 0 unspecified atom stereocenters. The van der Waals surface area contributed by atoms with Gasteiger partial charge >= 0.3 is 5.97 Å². The number of hydrogen-bond donors (Lipinski definition) is 2. The molecule has 0 aromatic carbocycles. The lowest BCUT2D eigenvalue weighted by Crippen LogP contribution is -2.13. The Labute approximate surface area is 99.7 Å². The van der Waals surface area contributed by atoms with Gasteiger partial charge in [-0.1, -0.05) is 0 Å². The number of nitrogens with two attached hydrogens (primary N) is 1. The van der Waals surface area contributed by atoms with Crippen LogP contribution in [0.25, 0.3) is 5.82 Å². The van der Waals surface area contributed by atoms with Gasteiger partial charge < -0.3 is 10.8 Å². The van der Waals surface area contributed by atoms with E-state index in [0.717, 1.165) is 16.9 Å². The summed E-state index contributed by atoms with van der Waals surface area (Å²) in [6, 6.07) is 2.12. The number of hydrogen-bond acceptors (Lipinski definition) is 4. The fourth-order valence-electron chi connectivity index (χ4n) is 1.35. The van der Waals surface area contributed by atoms with Crippen LogP contribution in [-0.4, -0.2) is 31.7 Å². The monoisotopic (exact) mass is 250 g/mol. The van der Waals surface area contributed by atoms with Crippen molar-refractivity contribution >= 4 is 11.9 Å². The fourth-order valence-corrected chi connectivity index (χ4v) is 1.35. The van der Waals surface area contributed by atoms with Crippen LogP contribution in [-0.2, 0) is 0 Å². The van der Waals surface area contributed by atoms with E-state index in [1.54, 1.807) is 0 Å². The third kappa shape index (κ3) is 2.03. The molecule has 0 radical (unpaired) electrons. The van der Waals surface area contributed by atoms with Crippen molar-refractivity contribution < 1.29 is 19.1 Å². The zero-order valence-corrected chi connectivity index (χ0v) is 8.87. The van der Waals surface area contributed by atoms with Crippen LogP contribution in [0.1, 0.15) is 20.8 Å². The molecule has 0 atom stereocenters. The predicted octanol–water partition coefficient (Wildman–Crippen LogP) is 0.203. The van der Waals surface area contributed by atoms with E-state index in [1.165, 1.54) is 12.3 Å². The number of halogens is 1. The van der Waals surface area contributed by atoms with Crippen molar-refractivity contribution in [3.05, 3.63) is 41.6 Å². The summed E-state index contributed by atoms with van der Waals surface area (Å²) < 4.78 is 14.0. The molecular formula is C10H7FN4O3. The van der Waals surface area contributed by atoms with Crippen molar-refractivity contribution in [3.63, 3.8) is 0 Å². The van der Waals surface area contributed by atoms with E-state index in [9.17, 15) is 14.0 Å². The van der Waals surface area contributed by atoms with Gasteiger partial charge in [0.05, 0.1) is 6.20 Å². The van der Waals surface area contributed by atoms with Gasteiger partial charge in [0.25, 0.3) is 5.91 Å². The maximum atomic E-state index is 12.9. The first-order chi connectivity index (χ1) is 8.49. The van der Waals surface area contributed by atoms with Crippen molar-refractivity contribution in [2.45, 2.75) is 0 Å². The molecule has 2 aromatic rings. The highest BCUT2D eigenvalue weighted by atomic mass is 19.1. The Hall–Kier alpha value is -2.77. The molecule has 0 aliphatic rings. The van der Waals surface area contributed by atoms with Crippen molar-refractivity contribution in [1.29, 1.82) is 0 Å². The molecule has 0 aliphatic heterocycles. The van der Waals surface area contributed by atoms with E-state index in [4.69, 9.17) is 10.8 Å². The summed E-state index contributed by atoms with van der Waals surface area (Å²) >= 11 is 0. The van der Waals surface area contributed by atoms with Gasteiger partial charge in [0.1, 0.15) is 17.1 Å². The molecule has 92 valence electrons. The van der Waals surface area contributed by atoms with E-state index < -0.39 is 17.7 Å². The molecule has 0 bridgehead atoms. The van der Waals surface area contributed by atoms with Crippen molar-refractivity contribution in [2.24, 2.45) is 5.73 Å². The number of carboxylic acid groups (broad SMARTS) is 1. The normalized spacial score (nSPS) is 10.3. The molecule has 2 aromatic heterocycles. The maximum absolute atomic E-state index is 12.9. The molecule has 0 saturated heterocycles. The van der Waals surface area contributed by atoms with Crippen LogP contribution >= 0.6 is 0 Å². The Morgan fingerprint density at radius 1 is 1.44 bits per heavy atom. The number of rotatable bonds is 3. The third-order valence-electron chi connectivity index (χ3n) is 2.12. The molecule has 8 heteroatoms. The number of primary amides is 1. The molecule has 0 aliphatic carbocycles. The minimum Gasteiger partial charge on any atom is -0.478 e. The first-order valence-corrected chi connectivity index (χ1v) is 4.73. The molecule has 2 heterocycles. The van der Waals surface area contributed by atoms with Crippen LogP contribution < -0.4 is 5.73 Å². The summed E-state index contributed by atoms with van der Waals surface area (Å²) in [5.41, 5.74) is 4.61. The number of nitrogens with zero attached hydrogens (tertiary/aromatic N) is 3. The molecule has 0 saturated carbocycles. The second kappa shape index (κ2) is 4.24. The van der Waals surface area contributed by atoms with E-state index in [0.29, 0.717) is 0 Å². The topological polar surface area (TPSA) is 111 Å². The van der Waals surface area contributed by atoms with Gasteiger partial charge in [0.2, 0.25) is 0 Å². The smallest absolute Gasteiger partial charge is 0.339 e. The lowest BCUT2D eigenvalue weighted by atomic mass is 10.2. The first kappa shape index (κ1) is 11.7. The molecule has 18 heavy (non-hydrogen) atoms. The highest BCUT2D eigenvalue weighted by Gasteiger charge is 2.16. The Balaban J connectivity index is 2.55. The average molecular weight is 250 g/mol. The van der Waals surface area contributed by atoms with Gasteiger partial charge in [0.15, 0.2) is 5.82 Å². The van der Waals surface area contributed by atoms with Crippen LogP contribution in [0.15, 0.2) is 24.5 Å². The molecule has 0 fully saturated rings. The van der Waals surface area contributed by atoms with Gasteiger partial charge in [-0.15, -0.1) is 0 Å². The van der Waals surface area contributed by atoms with Crippen molar-refractivity contribution in [1.82, 2.24) is 14.8 Å². The lowest BCUT2D eigenvalue weighted by molar-refractivity contribution is 0.0695. The number of amides is 1. The molecule has 3 N–H and O–H groups in total. The Morgan fingerprint density at radius 2 is 2.17 bits per heavy atom. The summed E-state index contributed by atoms with van der Waals surface area (Å²) in [6.45, 7) is 0. The number of aromatic carboxylic acids is 1. The third-order valence-corrected chi connectivity index (χ3v) is 2.12. The fraction of sp³-hybridized carbons (Fsp3) is 0. The number of carbonyl (C=O) groups is 2.